The average Bonchev–Trinajstić information content (AvgIpc) is 2.59. The number of hydrogen-bond acceptors (Lipinski definition) is 4. The molecule has 1 heterocycles. The number of pyridine rings is 1. The van der Waals surface area contributed by atoms with Crippen LogP contribution < -0.4 is 5.32 Å². The summed E-state index contributed by atoms with van der Waals surface area (Å²) >= 11 is 0. The minimum Gasteiger partial charge on any atom is -0.444 e. The highest BCUT2D eigenvalue weighted by Gasteiger charge is 2.24. The minimum absolute atomic E-state index is 0.0754. The number of carbonyl (C=O) groups is 1. The Bertz CT molecular complexity index is 769. The van der Waals surface area contributed by atoms with Crippen molar-refractivity contribution in [3.05, 3.63) is 65.0 Å². The standard InChI is InChI=1S/C21H26N2O3/c1-21(2,3)26-20(25)23-18-9-8-14-11-16(7-6-15(14)12-18)19(24)17-5-4-10-22-13-17/h4-7,10-11,13,18-19,24H,8-9,12H2,1-3H3,(H,23,25). The van der Waals surface area contributed by atoms with Crippen LogP contribution in [0.2, 0.25) is 0 Å². The van der Waals surface area contributed by atoms with Gasteiger partial charge >= 0.3 is 6.09 Å². The van der Waals surface area contributed by atoms with Gasteiger partial charge in [0.25, 0.3) is 0 Å². The maximum atomic E-state index is 12.0. The lowest BCUT2D eigenvalue weighted by Crippen LogP contribution is -2.41. The number of benzene rings is 1. The fourth-order valence-electron chi connectivity index (χ4n) is 3.27. The Kier molecular flexibility index (Phi) is 5.28. The van der Waals surface area contributed by atoms with Gasteiger partial charge in [-0.2, -0.15) is 0 Å². The van der Waals surface area contributed by atoms with Crippen LogP contribution in [0.3, 0.4) is 0 Å². The van der Waals surface area contributed by atoms with Crippen LogP contribution in [0.5, 0.6) is 0 Å². The van der Waals surface area contributed by atoms with Gasteiger partial charge in [-0.25, -0.2) is 4.79 Å². The lowest BCUT2D eigenvalue weighted by atomic mass is 9.86. The van der Waals surface area contributed by atoms with Crippen LogP contribution in [0.1, 0.15) is 55.5 Å². The second-order valence-corrected chi connectivity index (χ2v) is 7.80. The van der Waals surface area contributed by atoms with Gasteiger partial charge in [0.15, 0.2) is 0 Å². The van der Waals surface area contributed by atoms with Gasteiger partial charge in [0.1, 0.15) is 11.7 Å². The van der Waals surface area contributed by atoms with E-state index in [1.54, 1.807) is 12.4 Å². The molecule has 0 radical (unpaired) electrons. The number of aliphatic hydroxyl groups excluding tert-OH is 1. The number of aryl methyl sites for hydroxylation is 1. The Morgan fingerprint density at radius 2 is 2.08 bits per heavy atom. The number of amides is 1. The van der Waals surface area contributed by atoms with Crippen LogP contribution in [-0.4, -0.2) is 27.8 Å². The monoisotopic (exact) mass is 354 g/mol. The van der Waals surface area contributed by atoms with Gasteiger partial charge in [0, 0.05) is 24.0 Å². The van der Waals surface area contributed by atoms with Gasteiger partial charge in [-0.05, 0) is 62.8 Å². The topological polar surface area (TPSA) is 71.5 Å². The molecule has 1 aliphatic rings. The molecule has 1 aromatic carbocycles. The van der Waals surface area contributed by atoms with Crippen molar-refractivity contribution in [2.75, 3.05) is 0 Å². The molecule has 5 heteroatoms. The molecule has 2 N–H and O–H groups in total. The SMILES string of the molecule is CC(C)(C)OC(=O)NC1CCc2cc(C(O)c3cccnc3)ccc2C1. The van der Waals surface area contributed by atoms with E-state index in [2.05, 4.69) is 16.4 Å². The highest BCUT2D eigenvalue weighted by molar-refractivity contribution is 5.68. The first-order chi connectivity index (χ1) is 12.3. The number of fused-ring (bicyclic) bond motifs is 1. The van der Waals surface area contributed by atoms with Crippen molar-refractivity contribution in [2.45, 2.75) is 57.8 Å². The van der Waals surface area contributed by atoms with Crippen molar-refractivity contribution in [3.63, 3.8) is 0 Å². The fraction of sp³-hybridized carbons (Fsp3) is 0.429. The van der Waals surface area contributed by atoms with Crippen molar-refractivity contribution in [1.82, 2.24) is 10.3 Å². The molecule has 1 amide bonds. The normalized spacial score (nSPS) is 17.9. The third-order valence-corrected chi connectivity index (χ3v) is 4.50. The van der Waals surface area contributed by atoms with E-state index in [0.29, 0.717) is 0 Å². The van der Waals surface area contributed by atoms with E-state index in [9.17, 15) is 9.90 Å². The molecule has 1 aliphatic carbocycles. The predicted molar refractivity (Wildman–Crippen MR) is 99.9 cm³/mol. The number of rotatable bonds is 3. The van der Waals surface area contributed by atoms with Crippen molar-refractivity contribution >= 4 is 6.09 Å². The lowest BCUT2D eigenvalue weighted by Gasteiger charge is -2.28. The van der Waals surface area contributed by atoms with Crippen molar-refractivity contribution in [1.29, 1.82) is 0 Å². The summed E-state index contributed by atoms with van der Waals surface area (Å²) in [5.74, 6) is 0. The van der Waals surface area contributed by atoms with Crippen LogP contribution in [0.4, 0.5) is 4.79 Å². The minimum atomic E-state index is -0.674. The zero-order chi connectivity index (χ0) is 18.7. The first-order valence-electron chi connectivity index (χ1n) is 9.01. The molecule has 0 aliphatic heterocycles. The van der Waals surface area contributed by atoms with E-state index < -0.39 is 11.7 Å². The molecule has 1 aromatic heterocycles. The lowest BCUT2D eigenvalue weighted by molar-refractivity contribution is 0.0500. The first kappa shape index (κ1) is 18.4. The van der Waals surface area contributed by atoms with Gasteiger partial charge in [-0.15, -0.1) is 0 Å². The van der Waals surface area contributed by atoms with Gasteiger partial charge in [0.2, 0.25) is 0 Å². The number of aliphatic hydroxyl groups is 1. The Morgan fingerprint density at radius 1 is 1.27 bits per heavy atom. The van der Waals surface area contributed by atoms with Crippen molar-refractivity contribution in [3.8, 4) is 0 Å². The maximum Gasteiger partial charge on any atom is 0.407 e. The number of nitrogens with zero attached hydrogens (tertiary/aromatic N) is 1. The fourth-order valence-corrected chi connectivity index (χ4v) is 3.27. The molecule has 5 nitrogen and oxygen atoms in total. The summed E-state index contributed by atoms with van der Waals surface area (Å²) in [6.07, 6.45) is 4.84. The van der Waals surface area contributed by atoms with E-state index in [0.717, 1.165) is 30.4 Å². The second kappa shape index (κ2) is 7.46. The Morgan fingerprint density at radius 3 is 2.77 bits per heavy atom. The summed E-state index contributed by atoms with van der Waals surface area (Å²) < 4.78 is 5.34. The number of hydrogen-bond donors (Lipinski definition) is 2. The number of ether oxygens (including phenoxy) is 1. The molecule has 0 spiro atoms. The van der Waals surface area contributed by atoms with Crippen LogP contribution in [0, 0.1) is 0 Å². The Balaban J connectivity index is 1.67. The summed E-state index contributed by atoms with van der Waals surface area (Å²) in [6, 6.07) is 9.84. The highest BCUT2D eigenvalue weighted by atomic mass is 16.6. The number of aromatic nitrogens is 1. The predicted octanol–water partition coefficient (Wildman–Crippen LogP) is 3.55. The van der Waals surface area contributed by atoms with Crippen LogP contribution in [0.15, 0.2) is 42.7 Å². The van der Waals surface area contributed by atoms with Crippen molar-refractivity contribution in [2.24, 2.45) is 0 Å². The van der Waals surface area contributed by atoms with E-state index in [4.69, 9.17) is 4.74 Å². The Labute approximate surface area is 154 Å². The molecule has 26 heavy (non-hydrogen) atoms. The zero-order valence-corrected chi connectivity index (χ0v) is 15.5. The molecule has 0 saturated carbocycles. The van der Waals surface area contributed by atoms with Crippen molar-refractivity contribution < 1.29 is 14.6 Å². The number of carbonyl (C=O) groups excluding carboxylic acids is 1. The molecule has 2 unspecified atom stereocenters. The molecule has 3 rings (SSSR count). The third kappa shape index (κ3) is 4.61. The quantitative estimate of drug-likeness (QED) is 0.884. The second-order valence-electron chi connectivity index (χ2n) is 7.80. The molecule has 0 saturated heterocycles. The first-order valence-corrected chi connectivity index (χ1v) is 9.01. The smallest absolute Gasteiger partial charge is 0.407 e. The summed E-state index contributed by atoms with van der Waals surface area (Å²) in [6.45, 7) is 5.58. The molecule has 0 bridgehead atoms. The summed E-state index contributed by atoms with van der Waals surface area (Å²) in [7, 11) is 0. The van der Waals surface area contributed by atoms with E-state index in [-0.39, 0.29) is 12.1 Å². The Hall–Kier alpha value is -2.40. The van der Waals surface area contributed by atoms with Gasteiger partial charge in [-0.3, -0.25) is 4.98 Å². The van der Waals surface area contributed by atoms with Gasteiger partial charge < -0.3 is 15.2 Å². The van der Waals surface area contributed by atoms with Crippen LogP contribution >= 0.6 is 0 Å². The molecule has 138 valence electrons. The molecule has 2 aromatic rings. The van der Waals surface area contributed by atoms with E-state index in [1.807, 2.05) is 45.0 Å². The van der Waals surface area contributed by atoms with E-state index >= 15 is 0 Å². The summed E-state index contributed by atoms with van der Waals surface area (Å²) in [4.78, 5) is 16.0. The summed E-state index contributed by atoms with van der Waals surface area (Å²) in [5, 5.41) is 13.5. The van der Waals surface area contributed by atoms with Gasteiger partial charge in [-0.1, -0.05) is 24.3 Å². The number of nitrogens with one attached hydrogen (secondary N) is 1. The van der Waals surface area contributed by atoms with E-state index in [1.165, 1.54) is 11.1 Å². The maximum absolute atomic E-state index is 12.0. The summed E-state index contributed by atoms with van der Waals surface area (Å²) in [5.41, 5.74) is 3.60. The molecular formula is C21H26N2O3. The average molecular weight is 354 g/mol. The van der Waals surface area contributed by atoms with Gasteiger partial charge in [0.05, 0.1) is 0 Å². The largest absolute Gasteiger partial charge is 0.444 e. The molecular weight excluding hydrogens is 328 g/mol. The molecule has 0 fully saturated rings. The van der Waals surface area contributed by atoms with Crippen LogP contribution in [-0.2, 0) is 17.6 Å². The van der Waals surface area contributed by atoms with Crippen LogP contribution in [0.25, 0.3) is 0 Å². The number of alkyl carbamates (subject to hydrolysis) is 1. The molecule has 2 atom stereocenters. The zero-order valence-electron chi connectivity index (χ0n) is 15.5. The third-order valence-electron chi connectivity index (χ3n) is 4.50. The highest BCUT2D eigenvalue weighted by Crippen LogP contribution is 2.28.